The number of rotatable bonds is 5. The first kappa shape index (κ1) is 17.2. The zero-order valence-electron chi connectivity index (χ0n) is 13.3. The summed E-state index contributed by atoms with van der Waals surface area (Å²) >= 11 is 0. The summed E-state index contributed by atoms with van der Waals surface area (Å²) in [6, 6.07) is -0.577. The summed E-state index contributed by atoms with van der Waals surface area (Å²) in [6.07, 6.45) is 2.05. The predicted octanol–water partition coefficient (Wildman–Crippen LogP) is -0.584. The molecule has 0 unspecified atom stereocenters. The molecule has 1 heterocycles. The van der Waals surface area contributed by atoms with Crippen LogP contribution >= 0.6 is 0 Å². The maximum atomic E-state index is 12.2. The topological polar surface area (TPSA) is 90.3 Å². The fourth-order valence-corrected chi connectivity index (χ4v) is 2.22. The van der Waals surface area contributed by atoms with Crippen molar-refractivity contribution in [2.45, 2.75) is 32.9 Å². The van der Waals surface area contributed by atoms with Crippen LogP contribution in [0.3, 0.4) is 0 Å². The summed E-state index contributed by atoms with van der Waals surface area (Å²) in [5, 5.41) is 0. The van der Waals surface area contributed by atoms with Crippen molar-refractivity contribution >= 4 is 5.91 Å². The van der Waals surface area contributed by atoms with Crippen LogP contribution < -0.4 is 17.0 Å². The highest BCUT2D eigenvalue weighted by Gasteiger charge is 2.20. The van der Waals surface area contributed by atoms with Crippen molar-refractivity contribution in [3.05, 3.63) is 32.6 Å². The molecule has 0 saturated carbocycles. The van der Waals surface area contributed by atoms with E-state index in [0.717, 1.165) is 4.57 Å². The van der Waals surface area contributed by atoms with Gasteiger partial charge in [-0.25, -0.2) is 4.79 Å². The monoisotopic (exact) mass is 296 g/mol. The molecule has 7 heteroatoms. The maximum Gasteiger partial charge on any atom is 0.330 e. The molecule has 7 nitrogen and oxygen atoms in total. The molecule has 1 rings (SSSR count). The molecule has 1 atom stereocenters. The summed E-state index contributed by atoms with van der Waals surface area (Å²) in [4.78, 5) is 37.2. The quantitative estimate of drug-likeness (QED) is 0.787. The minimum absolute atomic E-state index is 0.130. The lowest BCUT2D eigenvalue weighted by atomic mass is 10.0. The number of nitrogens with zero attached hydrogens (tertiary/aromatic N) is 3. The number of likely N-dealkylation sites (N-methyl/N-ethyl adjacent to an activating group) is 1. The molecule has 0 spiro atoms. The van der Waals surface area contributed by atoms with Crippen LogP contribution in [0.5, 0.6) is 0 Å². The van der Waals surface area contributed by atoms with Gasteiger partial charge in [0, 0.05) is 27.3 Å². The van der Waals surface area contributed by atoms with E-state index < -0.39 is 17.3 Å². The normalized spacial score (nSPS) is 12.5. The molecule has 1 aromatic heterocycles. The largest absolute Gasteiger partial charge is 0.340 e. The van der Waals surface area contributed by atoms with Crippen molar-refractivity contribution in [2.75, 3.05) is 7.05 Å². The van der Waals surface area contributed by atoms with E-state index in [9.17, 15) is 14.4 Å². The number of carbonyl (C=O) groups excluding carboxylic acids is 1. The molecule has 0 bridgehead atoms. The van der Waals surface area contributed by atoms with Gasteiger partial charge in [0.25, 0.3) is 5.56 Å². The van der Waals surface area contributed by atoms with Crippen molar-refractivity contribution in [1.29, 1.82) is 0 Å². The summed E-state index contributed by atoms with van der Waals surface area (Å²) in [6.45, 7) is 4.12. The number of aryl methyl sites for hydroxylation is 1. The molecule has 21 heavy (non-hydrogen) atoms. The van der Waals surface area contributed by atoms with E-state index in [1.807, 2.05) is 13.8 Å². The van der Waals surface area contributed by atoms with Crippen LogP contribution in [0.1, 0.15) is 25.8 Å². The molecule has 0 saturated heterocycles. The fraction of sp³-hybridized carbons (Fsp3) is 0.643. The third-order valence-corrected chi connectivity index (χ3v) is 3.34. The number of aromatic nitrogens is 2. The van der Waals surface area contributed by atoms with E-state index in [4.69, 9.17) is 5.73 Å². The fourth-order valence-electron chi connectivity index (χ4n) is 2.22. The number of carbonyl (C=O) groups is 1. The highest BCUT2D eigenvalue weighted by molar-refractivity contribution is 5.81. The number of nitrogens with two attached hydrogens (primary N) is 1. The van der Waals surface area contributed by atoms with Gasteiger partial charge < -0.3 is 15.2 Å². The van der Waals surface area contributed by atoms with E-state index >= 15 is 0 Å². The number of amides is 1. The van der Waals surface area contributed by atoms with E-state index in [2.05, 4.69) is 0 Å². The minimum atomic E-state index is -0.577. The minimum Gasteiger partial charge on any atom is -0.340 e. The van der Waals surface area contributed by atoms with Crippen molar-refractivity contribution < 1.29 is 4.79 Å². The second kappa shape index (κ2) is 6.71. The summed E-state index contributed by atoms with van der Waals surface area (Å²) in [5.74, 6) is 0.113. The van der Waals surface area contributed by atoms with Gasteiger partial charge in [-0.1, -0.05) is 13.8 Å². The zero-order chi connectivity index (χ0) is 16.3. The van der Waals surface area contributed by atoms with Crippen LogP contribution in [-0.4, -0.2) is 33.0 Å². The molecule has 0 radical (unpaired) electrons. The summed E-state index contributed by atoms with van der Waals surface area (Å²) in [7, 11) is 4.59. The SMILES string of the molecule is CC(C)C[C@@H](N)C(=O)N(C)Cc1cn(C)c(=O)n(C)c1=O. The summed E-state index contributed by atoms with van der Waals surface area (Å²) < 4.78 is 2.35. The van der Waals surface area contributed by atoms with E-state index in [-0.39, 0.29) is 12.5 Å². The predicted molar refractivity (Wildman–Crippen MR) is 80.8 cm³/mol. The Labute approximate surface area is 124 Å². The molecule has 1 aromatic rings. The Balaban J connectivity index is 2.94. The first-order chi connectivity index (χ1) is 9.65. The van der Waals surface area contributed by atoms with Crippen LogP contribution in [0.4, 0.5) is 0 Å². The Bertz CT molecular complexity index is 630. The van der Waals surface area contributed by atoms with Gasteiger partial charge >= 0.3 is 5.69 Å². The van der Waals surface area contributed by atoms with Gasteiger partial charge in [0.15, 0.2) is 0 Å². The second-order valence-electron chi connectivity index (χ2n) is 5.84. The molecule has 0 aliphatic carbocycles. The Hall–Kier alpha value is -1.89. The first-order valence-corrected chi connectivity index (χ1v) is 6.91. The smallest absolute Gasteiger partial charge is 0.330 e. The van der Waals surface area contributed by atoms with Gasteiger partial charge in [-0.3, -0.25) is 14.2 Å². The van der Waals surface area contributed by atoms with Gasteiger partial charge in [0.1, 0.15) is 0 Å². The standard InChI is InChI=1S/C14H24N4O3/c1-9(2)6-11(15)13(20)16(3)7-10-8-17(4)14(21)18(5)12(10)19/h8-9,11H,6-7,15H2,1-5H3/t11-/m1/s1. The van der Waals surface area contributed by atoms with Crippen molar-refractivity contribution in [1.82, 2.24) is 14.0 Å². The van der Waals surface area contributed by atoms with Crippen molar-refractivity contribution in [3.63, 3.8) is 0 Å². The molecule has 0 aromatic carbocycles. The summed E-state index contributed by atoms with van der Waals surface area (Å²) in [5.41, 5.74) is 5.46. The zero-order valence-corrected chi connectivity index (χ0v) is 13.3. The van der Waals surface area contributed by atoms with E-state index in [1.165, 1.54) is 22.7 Å². The Morgan fingerprint density at radius 3 is 2.43 bits per heavy atom. The number of hydrogen-bond acceptors (Lipinski definition) is 4. The first-order valence-electron chi connectivity index (χ1n) is 6.91. The third-order valence-electron chi connectivity index (χ3n) is 3.34. The lowest BCUT2D eigenvalue weighted by Crippen LogP contribution is -2.44. The van der Waals surface area contributed by atoms with Gasteiger partial charge in [-0.05, 0) is 12.3 Å². The van der Waals surface area contributed by atoms with Crippen LogP contribution in [0.2, 0.25) is 0 Å². The van der Waals surface area contributed by atoms with Crippen molar-refractivity contribution in [3.8, 4) is 0 Å². The maximum absolute atomic E-state index is 12.2. The lowest BCUT2D eigenvalue weighted by Gasteiger charge is -2.22. The second-order valence-corrected chi connectivity index (χ2v) is 5.84. The van der Waals surface area contributed by atoms with Crippen LogP contribution in [0, 0.1) is 5.92 Å². The molecule has 118 valence electrons. The van der Waals surface area contributed by atoms with Crippen LogP contribution in [0.15, 0.2) is 15.8 Å². The van der Waals surface area contributed by atoms with Gasteiger partial charge in [-0.2, -0.15) is 0 Å². The molecule has 1 amide bonds. The van der Waals surface area contributed by atoms with E-state index in [1.54, 1.807) is 14.1 Å². The van der Waals surface area contributed by atoms with Crippen LogP contribution in [0.25, 0.3) is 0 Å². The highest BCUT2D eigenvalue weighted by Crippen LogP contribution is 2.06. The molecule has 0 fully saturated rings. The molecular formula is C14H24N4O3. The Morgan fingerprint density at radius 2 is 1.90 bits per heavy atom. The molecule has 0 aliphatic rings. The van der Waals surface area contributed by atoms with E-state index in [0.29, 0.717) is 17.9 Å². The lowest BCUT2D eigenvalue weighted by molar-refractivity contribution is -0.132. The van der Waals surface area contributed by atoms with Crippen LogP contribution in [-0.2, 0) is 25.4 Å². The average Bonchev–Trinajstić information content (AvgIpc) is 2.40. The molecule has 0 aliphatic heterocycles. The Morgan fingerprint density at radius 1 is 1.33 bits per heavy atom. The average molecular weight is 296 g/mol. The molecular weight excluding hydrogens is 272 g/mol. The van der Waals surface area contributed by atoms with Gasteiger partial charge in [0.2, 0.25) is 5.91 Å². The number of hydrogen-bond donors (Lipinski definition) is 1. The van der Waals surface area contributed by atoms with Crippen molar-refractivity contribution in [2.24, 2.45) is 25.7 Å². The van der Waals surface area contributed by atoms with Gasteiger partial charge in [-0.15, -0.1) is 0 Å². The molecule has 2 N–H and O–H groups in total. The van der Waals surface area contributed by atoms with Gasteiger partial charge in [0.05, 0.1) is 18.2 Å². The Kier molecular flexibility index (Phi) is 5.48. The third kappa shape index (κ3) is 4.04. The highest BCUT2D eigenvalue weighted by atomic mass is 16.2.